The predicted octanol–water partition coefficient (Wildman–Crippen LogP) is 2.72. The van der Waals surface area contributed by atoms with Gasteiger partial charge in [-0.2, -0.15) is 0 Å². The number of rotatable bonds is 12. The Morgan fingerprint density at radius 3 is 2.39 bits per heavy atom. The van der Waals surface area contributed by atoms with Gasteiger partial charge < -0.3 is 20.4 Å². The van der Waals surface area contributed by atoms with Crippen LogP contribution in [0.3, 0.4) is 0 Å². The maximum absolute atomic E-state index is 12.0. The number of hydrogen-bond donors (Lipinski definition) is 2. The van der Waals surface area contributed by atoms with Gasteiger partial charge in [-0.15, -0.1) is 0 Å². The lowest BCUT2D eigenvalue weighted by Gasteiger charge is -2.21. The van der Waals surface area contributed by atoms with Crippen molar-refractivity contribution in [3.8, 4) is 0 Å². The number of unbranched alkanes of at least 4 members (excludes halogenated alkanes) is 2. The first-order chi connectivity index (χ1) is 11.1. The molecule has 0 spiro atoms. The summed E-state index contributed by atoms with van der Waals surface area (Å²) in [5.74, 6) is 0.190. The largest absolute Gasteiger partial charge is 0.446 e. The van der Waals surface area contributed by atoms with Gasteiger partial charge in [0.05, 0.1) is 6.04 Å². The van der Waals surface area contributed by atoms with Crippen LogP contribution in [0.5, 0.6) is 0 Å². The van der Waals surface area contributed by atoms with E-state index in [0.29, 0.717) is 18.1 Å². The van der Waals surface area contributed by atoms with Crippen molar-refractivity contribution in [3.63, 3.8) is 0 Å². The third-order valence-electron chi connectivity index (χ3n) is 3.74. The zero-order chi connectivity index (χ0) is 17.1. The number of nitrogens with zero attached hydrogens (tertiary/aromatic N) is 2. The summed E-state index contributed by atoms with van der Waals surface area (Å²) in [6.45, 7) is 10.2. The Morgan fingerprint density at radius 1 is 1.26 bits per heavy atom. The Hall–Kier alpha value is -1.40. The molecule has 0 radical (unpaired) electrons. The summed E-state index contributed by atoms with van der Waals surface area (Å²) in [7, 11) is 0. The van der Waals surface area contributed by atoms with Crippen molar-refractivity contribution in [2.75, 3.05) is 26.2 Å². The Bertz CT molecular complexity index is 438. The van der Waals surface area contributed by atoms with Gasteiger partial charge in [-0.3, -0.25) is 4.79 Å². The lowest BCUT2D eigenvalue weighted by molar-refractivity contribution is 0.0946. The van der Waals surface area contributed by atoms with E-state index < -0.39 is 0 Å². The second-order valence-corrected chi connectivity index (χ2v) is 6.02. The van der Waals surface area contributed by atoms with E-state index in [0.717, 1.165) is 26.1 Å². The molecule has 0 saturated carbocycles. The molecule has 0 aliphatic carbocycles. The molecule has 0 aliphatic rings. The molecule has 1 aromatic heterocycles. The topological polar surface area (TPSA) is 84.4 Å². The quantitative estimate of drug-likeness (QED) is 0.578. The van der Waals surface area contributed by atoms with Gasteiger partial charge in [0.15, 0.2) is 5.69 Å². The van der Waals surface area contributed by atoms with Crippen LogP contribution in [0.25, 0.3) is 0 Å². The van der Waals surface area contributed by atoms with Crippen LogP contribution in [-0.4, -0.2) is 42.0 Å². The highest BCUT2D eigenvalue weighted by atomic mass is 16.3. The van der Waals surface area contributed by atoms with Gasteiger partial charge in [-0.25, -0.2) is 4.98 Å². The lowest BCUT2D eigenvalue weighted by atomic mass is 10.2. The maximum Gasteiger partial charge on any atom is 0.273 e. The van der Waals surface area contributed by atoms with Gasteiger partial charge >= 0.3 is 0 Å². The van der Waals surface area contributed by atoms with Crippen LogP contribution in [0.4, 0.5) is 0 Å². The molecule has 1 amide bonds. The van der Waals surface area contributed by atoms with Crippen LogP contribution in [0.15, 0.2) is 10.7 Å². The number of nitrogens with two attached hydrogens (primary N) is 1. The number of aromatic nitrogens is 1. The van der Waals surface area contributed by atoms with E-state index in [1.807, 2.05) is 0 Å². The molecule has 0 bridgehead atoms. The Labute approximate surface area is 139 Å². The first-order valence-corrected chi connectivity index (χ1v) is 8.80. The van der Waals surface area contributed by atoms with Crippen molar-refractivity contribution >= 4 is 5.91 Å². The molecule has 1 heterocycles. The Kier molecular flexibility index (Phi) is 9.55. The molecule has 1 atom stereocenters. The van der Waals surface area contributed by atoms with Gasteiger partial charge in [-0.1, -0.05) is 26.7 Å². The second-order valence-electron chi connectivity index (χ2n) is 6.02. The van der Waals surface area contributed by atoms with Crippen molar-refractivity contribution in [2.45, 2.75) is 58.9 Å². The monoisotopic (exact) mass is 324 g/mol. The molecule has 3 N–H and O–H groups in total. The minimum atomic E-state index is -0.303. The molecule has 23 heavy (non-hydrogen) atoms. The van der Waals surface area contributed by atoms with E-state index in [4.69, 9.17) is 10.2 Å². The zero-order valence-corrected chi connectivity index (χ0v) is 14.8. The third kappa shape index (κ3) is 7.61. The van der Waals surface area contributed by atoms with E-state index in [2.05, 4.69) is 29.0 Å². The molecule has 0 fully saturated rings. The fourth-order valence-electron chi connectivity index (χ4n) is 2.30. The summed E-state index contributed by atoms with van der Waals surface area (Å²) >= 11 is 0. The highest BCUT2D eigenvalue weighted by Gasteiger charge is 2.14. The zero-order valence-electron chi connectivity index (χ0n) is 14.8. The summed E-state index contributed by atoms with van der Waals surface area (Å²) < 4.78 is 5.18. The van der Waals surface area contributed by atoms with E-state index in [1.165, 1.54) is 31.9 Å². The van der Waals surface area contributed by atoms with E-state index in [9.17, 15) is 4.79 Å². The van der Waals surface area contributed by atoms with Crippen LogP contribution >= 0.6 is 0 Å². The van der Waals surface area contributed by atoms with Gasteiger partial charge in [-0.05, 0) is 45.8 Å². The van der Waals surface area contributed by atoms with Crippen LogP contribution in [0.2, 0.25) is 0 Å². The van der Waals surface area contributed by atoms with Crippen molar-refractivity contribution < 1.29 is 9.21 Å². The van der Waals surface area contributed by atoms with Crippen LogP contribution in [-0.2, 0) is 0 Å². The molecule has 6 heteroatoms. The maximum atomic E-state index is 12.0. The van der Waals surface area contributed by atoms with Crippen molar-refractivity contribution in [1.29, 1.82) is 0 Å². The molecule has 1 unspecified atom stereocenters. The van der Waals surface area contributed by atoms with Gasteiger partial charge in [0, 0.05) is 6.54 Å². The molecule has 6 nitrogen and oxygen atoms in total. The van der Waals surface area contributed by atoms with Crippen molar-refractivity contribution in [2.24, 2.45) is 5.73 Å². The molecule has 1 rings (SSSR count). The fraction of sp³-hybridized carbons (Fsp3) is 0.765. The third-order valence-corrected chi connectivity index (χ3v) is 3.74. The minimum Gasteiger partial charge on any atom is -0.446 e. The number of oxazole rings is 1. The van der Waals surface area contributed by atoms with Crippen LogP contribution < -0.4 is 11.1 Å². The van der Waals surface area contributed by atoms with E-state index in [1.54, 1.807) is 6.92 Å². The number of carbonyl (C=O) groups excluding carboxylic acids is 1. The van der Waals surface area contributed by atoms with Crippen molar-refractivity contribution in [3.05, 3.63) is 17.8 Å². The summed E-state index contributed by atoms with van der Waals surface area (Å²) in [6.07, 6.45) is 7.20. The summed E-state index contributed by atoms with van der Waals surface area (Å²) in [5, 5.41) is 2.89. The SMILES string of the molecule is CCCCN(CCCC)CCCNC(=O)c1coc(C(C)N)n1. The van der Waals surface area contributed by atoms with Crippen molar-refractivity contribution in [1.82, 2.24) is 15.2 Å². The average Bonchev–Trinajstić information content (AvgIpc) is 3.03. The molecule has 0 aliphatic heterocycles. The van der Waals surface area contributed by atoms with Gasteiger partial charge in [0.25, 0.3) is 5.91 Å². The molecule has 0 aromatic carbocycles. The smallest absolute Gasteiger partial charge is 0.273 e. The number of hydrogen-bond acceptors (Lipinski definition) is 5. The van der Waals surface area contributed by atoms with Gasteiger partial charge in [0.2, 0.25) is 5.89 Å². The standard InChI is InChI=1S/C17H32N4O2/c1-4-6-10-21(11-7-5-2)12-8-9-19-16(22)15-13-23-17(20-15)14(3)18/h13-14H,4-12,18H2,1-3H3,(H,19,22). The lowest BCUT2D eigenvalue weighted by Crippen LogP contribution is -2.31. The van der Waals surface area contributed by atoms with E-state index in [-0.39, 0.29) is 11.9 Å². The first kappa shape index (κ1) is 19.6. The molecule has 0 saturated heterocycles. The molecular formula is C17H32N4O2. The highest BCUT2D eigenvalue weighted by molar-refractivity contribution is 5.91. The summed E-state index contributed by atoms with van der Waals surface area (Å²) in [5.41, 5.74) is 5.97. The predicted molar refractivity (Wildman–Crippen MR) is 92.3 cm³/mol. The van der Waals surface area contributed by atoms with Crippen LogP contribution in [0.1, 0.15) is 75.3 Å². The minimum absolute atomic E-state index is 0.200. The molecule has 1 aromatic rings. The number of carbonyl (C=O) groups is 1. The van der Waals surface area contributed by atoms with Gasteiger partial charge in [0.1, 0.15) is 6.26 Å². The molecule has 132 valence electrons. The summed E-state index contributed by atoms with van der Waals surface area (Å²) in [4.78, 5) is 18.6. The number of nitrogens with one attached hydrogen (secondary N) is 1. The first-order valence-electron chi connectivity index (χ1n) is 8.80. The Morgan fingerprint density at radius 2 is 1.87 bits per heavy atom. The Balaban J connectivity index is 2.29. The second kappa shape index (κ2) is 11.2. The molecular weight excluding hydrogens is 292 g/mol. The van der Waals surface area contributed by atoms with Crippen LogP contribution in [0, 0.1) is 0 Å². The fourth-order valence-corrected chi connectivity index (χ4v) is 2.30. The normalized spacial score (nSPS) is 12.6. The number of amides is 1. The highest BCUT2D eigenvalue weighted by Crippen LogP contribution is 2.08. The average molecular weight is 324 g/mol. The van der Waals surface area contributed by atoms with E-state index >= 15 is 0 Å². The summed E-state index contributed by atoms with van der Waals surface area (Å²) in [6, 6.07) is -0.303.